The van der Waals surface area contributed by atoms with Gasteiger partial charge in [-0.15, -0.1) is 0 Å². The Bertz CT molecular complexity index is 994. The monoisotopic (exact) mass is 391 g/mol. The maximum Gasteiger partial charge on any atom is 0.254 e. The average Bonchev–Trinajstić information content (AvgIpc) is 2.72. The van der Waals surface area contributed by atoms with E-state index < -0.39 is 0 Å². The number of rotatable bonds is 5. The molecule has 28 heavy (non-hydrogen) atoms. The first-order valence-corrected chi connectivity index (χ1v) is 10.9. The van der Waals surface area contributed by atoms with Crippen molar-refractivity contribution in [1.82, 2.24) is 14.9 Å². The number of benzene rings is 2. The van der Waals surface area contributed by atoms with E-state index in [1.54, 1.807) is 0 Å². The predicted octanol–water partition coefficient (Wildman–Crippen LogP) is 3.88. The normalized spacial score (nSPS) is 14.9. The Hall–Kier alpha value is -2.37. The number of nitrogens with one attached hydrogen (secondary N) is 1. The molecule has 1 aromatic heterocycles. The molecule has 4 nitrogen and oxygen atoms in total. The van der Waals surface area contributed by atoms with E-state index in [9.17, 15) is 4.79 Å². The first-order chi connectivity index (χ1) is 13.7. The smallest absolute Gasteiger partial charge is 0.254 e. The fraction of sp³-hybridized carbons (Fsp3) is 0.304. The van der Waals surface area contributed by atoms with Crippen LogP contribution in [0.3, 0.4) is 0 Å². The van der Waals surface area contributed by atoms with Gasteiger partial charge in [0.05, 0.1) is 0 Å². The lowest BCUT2D eigenvalue weighted by Crippen LogP contribution is -2.31. The summed E-state index contributed by atoms with van der Waals surface area (Å²) in [7, 11) is 0. The number of thioether (sulfide) groups is 1. The molecule has 0 saturated carbocycles. The summed E-state index contributed by atoms with van der Waals surface area (Å²) < 4.78 is 0. The Labute approximate surface area is 170 Å². The van der Waals surface area contributed by atoms with Gasteiger partial charge in [0.1, 0.15) is 5.82 Å². The van der Waals surface area contributed by atoms with Gasteiger partial charge in [-0.2, -0.15) is 11.8 Å². The Morgan fingerprint density at radius 2 is 1.79 bits per heavy atom. The van der Waals surface area contributed by atoms with Crippen LogP contribution in [0.1, 0.15) is 22.4 Å². The molecule has 1 aliphatic heterocycles. The Balaban J connectivity index is 1.57. The van der Waals surface area contributed by atoms with Gasteiger partial charge in [-0.25, -0.2) is 4.98 Å². The highest BCUT2D eigenvalue weighted by molar-refractivity contribution is 7.99. The zero-order chi connectivity index (χ0) is 19.3. The SMILES string of the molecule is Cc1nc(-c2cccc(CN3CCSCC3)c2)[nH]c(=O)c1Cc1ccccc1. The van der Waals surface area contributed by atoms with E-state index in [1.165, 1.54) is 17.1 Å². The third-order valence-electron chi connectivity index (χ3n) is 5.16. The van der Waals surface area contributed by atoms with Gasteiger partial charge in [0, 0.05) is 54.4 Å². The van der Waals surface area contributed by atoms with Crippen molar-refractivity contribution in [3.63, 3.8) is 0 Å². The molecule has 1 saturated heterocycles. The van der Waals surface area contributed by atoms with E-state index in [0.717, 1.165) is 42.0 Å². The summed E-state index contributed by atoms with van der Waals surface area (Å²) in [4.78, 5) is 22.9. The molecule has 5 heteroatoms. The van der Waals surface area contributed by atoms with Crippen molar-refractivity contribution in [2.75, 3.05) is 24.6 Å². The van der Waals surface area contributed by atoms with Crippen LogP contribution in [0.15, 0.2) is 59.4 Å². The quantitative estimate of drug-likeness (QED) is 0.717. The highest BCUT2D eigenvalue weighted by Crippen LogP contribution is 2.19. The van der Waals surface area contributed by atoms with Gasteiger partial charge in [0.15, 0.2) is 0 Å². The number of aryl methyl sites for hydroxylation is 1. The van der Waals surface area contributed by atoms with Crippen molar-refractivity contribution in [2.45, 2.75) is 19.9 Å². The molecule has 0 unspecified atom stereocenters. The van der Waals surface area contributed by atoms with Crippen LogP contribution in [0.4, 0.5) is 0 Å². The zero-order valence-electron chi connectivity index (χ0n) is 16.1. The highest BCUT2D eigenvalue weighted by atomic mass is 32.2. The van der Waals surface area contributed by atoms with Gasteiger partial charge in [-0.1, -0.05) is 48.5 Å². The van der Waals surface area contributed by atoms with E-state index in [2.05, 4.69) is 28.1 Å². The number of aromatic amines is 1. The molecule has 144 valence electrons. The fourth-order valence-corrected chi connectivity index (χ4v) is 4.57. The fourth-order valence-electron chi connectivity index (χ4n) is 3.59. The van der Waals surface area contributed by atoms with Crippen LogP contribution in [0.2, 0.25) is 0 Å². The number of hydrogen-bond donors (Lipinski definition) is 1. The summed E-state index contributed by atoms with van der Waals surface area (Å²) in [5.74, 6) is 3.06. The molecule has 2 heterocycles. The van der Waals surface area contributed by atoms with Crippen molar-refractivity contribution in [3.05, 3.63) is 87.3 Å². The molecule has 0 bridgehead atoms. The Morgan fingerprint density at radius 1 is 1.04 bits per heavy atom. The molecular formula is C23H25N3OS. The van der Waals surface area contributed by atoms with Crippen LogP contribution >= 0.6 is 11.8 Å². The second-order valence-electron chi connectivity index (χ2n) is 7.23. The predicted molar refractivity (Wildman–Crippen MR) is 117 cm³/mol. The van der Waals surface area contributed by atoms with Gasteiger partial charge < -0.3 is 4.98 Å². The zero-order valence-corrected chi connectivity index (χ0v) is 17.0. The lowest BCUT2D eigenvalue weighted by Gasteiger charge is -2.26. The summed E-state index contributed by atoms with van der Waals surface area (Å²) in [6, 6.07) is 18.4. The number of hydrogen-bond acceptors (Lipinski definition) is 4. The lowest BCUT2D eigenvalue weighted by molar-refractivity contribution is 0.294. The number of nitrogens with zero attached hydrogens (tertiary/aromatic N) is 2. The molecule has 4 rings (SSSR count). The number of aromatic nitrogens is 2. The van der Waals surface area contributed by atoms with Crippen molar-refractivity contribution < 1.29 is 0 Å². The summed E-state index contributed by atoms with van der Waals surface area (Å²) >= 11 is 2.02. The van der Waals surface area contributed by atoms with E-state index in [-0.39, 0.29) is 5.56 Å². The van der Waals surface area contributed by atoms with Crippen molar-refractivity contribution >= 4 is 11.8 Å². The first kappa shape index (κ1) is 19.0. The largest absolute Gasteiger partial charge is 0.306 e. The first-order valence-electron chi connectivity index (χ1n) is 9.72. The topological polar surface area (TPSA) is 49.0 Å². The van der Waals surface area contributed by atoms with Crippen LogP contribution in [0.25, 0.3) is 11.4 Å². The van der Waals surface area contributed by atoms with Gasteiger partial charge in [0.2, 0.25) is 0 Å². The molecule has 2 aromatic carbocycles. The molecular weight excluding hydrogens is 366 g/mol. The standard InChI is InChI=1S/C23H25N3OS/c1-17-21(15-18-6-3-2-4-7-18)23(27)25-22(24-17)20-9-5-8-19(14-20)16-26-10-12-28-13-11-26/h2-9,14H,10-13,15-16H2,1H3,(H,24,25,27). The van der Waals surface area contributed by atoms with Crippen LogP contribution in [0.5, 0.6) is 0 Å². The van der Waals surface area contributed by atoms with Crippen LogP contribution in [0, 0.1) is 6.92 Å². The molecule has 0 atom stereocenters. The third kappa shape index (κ3) is 4.54. The van der Waals surface area contributed by atoms with Gasteiger partial charge in [0.25, 0.3) is 5.56 Å². The lowest BCUT2D eigenvalue weighted by atomic mass is 10.0. The highest BCUT2D eigenvalue weighted by Gasteiger charge is 2.13. The summed E-state index contributed by atoms with van der Waals surface area (Å²) in [6.07, 6.45) is 0.600. The second-order valence-corrected chi connectivity index (χ2v) is 8.45. The van der Waals surface area contributed by atoms with Crippen LogP contribution < -0.4 is 5.56 Å². The van der Waals surface area contributed by atoms with Crippen molar-refractivity contribution in [2.24, 2.45) is 0 Å². The third-order valence-corrected chi connectivity index (χ3v) is 6.10. The minimum absolute atomic E-state index is 0.0511. The Kier molecular flexibility index (Phi) is 5.93. The molecule has 0 aliphatic carbocycles. The van der Waals surface area contributed by atoms with Crippen LogP contribution in [-0.4, -0.2) is 39.5 Å². The molecule has 0 amide bonds. The summed E-state index contributed by atoms with van der Waals surface area (Å²) in [5, 5.41) is 0. The summed E-state index contributed by atoms with van der Waals surface area (Å²) in [5.41, 5.74) is 4.82. The average molecular weight is 392 g/mol. The van der Waals surface area contributed by atoms with E-state index in [4.69, 9.17) is 4.98 Å². The van der Waals surface area contributed by atoms with Crippen molar-refractivity contribution in [1.29, 1.82) is 0 Å². The maximum atomic E-state index is 12.7. The van der Waals surface area contributed by atoms with E-state index in [1.807, 2.05) is 55.1 Å². The minimum atomic E-state index is -0.0511. The second kappa shape index (κ2) is 8.76. The maximum absolute atomic E-state index is 12.7. The molecule has 0 spiro atoms. The van der Waals surface area contributed by atoms with Crippen molar-refractivity contribution in [3.8, 4) is 11.4 Å². The molecule has 0 radical (unpaired) electrons. The van der Waals surface area contributed by atoms with Gasteiger partial charge >= 0.3 is 0 Å². The van der Waals surface area contributed by atoms with Gasteiger partial charge in [-0.3, -0.25) is 9.69 Å². The molecule has 3 aromatic rings. The Morgan fingerprint density at radius 3 is 2.54 bits per heavy atom. The molecule has 1 N–H and O–H groups in total. The van der Waals surface area contributed by atoms with E-state index in [0.29, 0.717) is 12.2 Å². The van der Waals surface area contributed by atoms with Crippen LogP contribution in [-0.2, 0) is 13.0 Å². The molecule has 1 aliphatic rings. The van der Waals surface area contributed by atoms with E-state index >= 15 is 0 Å². The number of H-pyrrole nitrogens is 1. The summed E-state index contributed by atoms with van der Waals surface area (Å²) in [6.45, 7) is 5.14. The van der Waals surface area contributed by atoms with Gasteiger partial charge in [-0.05, 0) is 24.1 Å². The molecule has 1 fully saturated rings. The minimum Gasteiger partial charge on any atom is -0.306 e.